The number of carbonyl (C=O) groups excluding carboxylic acids is 3. The molecule has 1 rings (SSSR count). The highest BCUT2D eigenvalue weighted by atomic mass is 16.2. The van der Waals surface area contributed by atoms with Crippen molar-refractivity contribution in [3.05, 3.63) is 12.3 Å². The van der Waals surface area contributed by atoms with E-state index in [-0.39, 0.29) is 30.1 Å². The molecule has 0 aromatic heterocycles. The molecule has 1 unspecified atom stereocenters. The molecule has 5 heteroatoms. The van der Waals surface area contributed by atoms with Gasteiger partial charge in [0.1, 0.15) is 12.3 Å². The van der Waals surface area contributed by atoms with E-state index in [4.69, 9.17) is 0 Å². The maximum absolute atomic E-state index is 11.7. The van der Waals surface area contributed by atoms with Gasteiger partial charge in [-0.1, -0.05) is 41.2 Å². The van der Waals surface area contributed by atoms with Crippen LogP contribution in [0, 0.1) is 5.92 Å². The van der Waals surface area contributed by atoms with E-state index < -0.39 is 0 Å². The van der Waals surface area contributed by atoms with Crippen molar-refractivity contribution >= 4 is 17.6 Å². The first-order valence-electron chi connectivity index (χ1n) is 7.67. The maximum atomic E-state index is 11.7. The number of Topliss-reactive ketones (excluding diaryl/α,β-unsaturated/α-hetero) is 1. The summed E-state index contributed by atoms with van der Waals surface area (Å²) in [4.78, 5) is 35.3. The highest BCUT2D eigenvalue weighted by molar-refractivity contribution is 5.89. The summed E-state index contributed by atoms with van der Waals surface area (Å²) < 4.78 is 0. The molecule has 0 saturated carbocycles. The molecule has 1 heterocycles. The lowest BCUT2D eigenvalue weighted by Gasteiger charge is -2.16. The fourth-order valence-corrected chi connectivity index (χ4v) is 1.74. The third kappa shape index (κ3) is 8.27. The van der Waals surface area contributed by atoms with Crippen LogP contribution in [0.5, 0.6) is 0 Å². The van der Waals surface area contributed by atoms with Crippen LogP contribution in [0.15, 0.2) is 12.3 Å². The minimum absolute atomic E-state index is 0.0000879. The predicted octanol–water partition coefficient (Wildman–Crippen LogP) is 2.52. The standard InChI is InChI=1S/C12H18N2O3.2C2H6/c1-8-6-9(2)14(12(8)17)7-11(16)13-5-4-10(3)15;2*1-2/h8H,2,4-7H2,1,3H3,(H,13,16);2*1-2H3. The molecule has 0 aromatic carbocycles. The monoisotopic (exact) mass is 298 g/mol. The number of hydrogen-bond acceptors (Lipinski definition) is 3. The zero-order valence-electron chi connectivity index (χ0n) is 14.3. The van der Waals surface area contributed by atoms with Gasteiger partial charge in [0.15, 0.2) is 0 Å². The van der Waals surface area contributed by atoms with Gasteiger partial charge in [-0.2, -0.15) is 0 Å². The van der Waals surface area contributed by atoms with E-state index in [1.165, 1.54) is 11.8 Å². The van der Waals surface area contributed by atoms with Crippen LogP contribution < -0.4 is 5.32 Å². The average Bonchev–Trinajstić information content (AvgIpc) is 2.69. The molecule has 2 amide bonds. The molecule has 0 aliphatic carbocycles. The number of carbonyl (C=O) groups is 3. The SMILES string of the molecule is C=C1CC(C)C(=O)N1CC(=O)NCCC(C)=O.CC.CC. The Morgan fingerprint density at radius 3 is 2.19 bits per heavy atom. The number of ketones is 1. The normalized spacial score (nSPS) is 16.5. The lowest BCUT2D eigenvalue weighted by molar-refractivity contribution is -0.134. The Hall–Kier alpha value is -1.65. The molecular formula is C16H30N2O3. The highest BCUT2D eigenvalue weighted by Crippen LogP contribution is 2.25. The number of allylic oxidation sites excluding steroid dienone is 1. The van der Waals surface area contributed by atoms with Crippen molar-refractivity contribution in [2.45, 2.75) is 54.4 Å². The van der Waals surface area contributed by atoms with Gasteiger partial charge in [-0.15, -0.1) is 0 Å². The zero-order chi connectivity index (χ0) is 17.0. The Labute approximate surface area is 128 Å². The summed E-state index contributed by atoms with van der Waals surface area (Å²) in [5.41, 5.74) is 0.684. The van der Waals surface area contributed by atoms with Gasteiger partial charge in [0.2, 0.25) is 11.8 Å². The number of rotatable bonds is 5. The third-order valence-electron chi connectivity index (χ3n) is 2.71. The summed E-state index contributed by atoms with van der Waals surface area (Å²) in [6.45, 7) is 15.4. The fraction of sp³-hybridized carbons (Fsp3) is 0.688. The third-order valence-corrected chi connectivity index (χ3v) is 2.71. The van der Waals surface area contributed by atoms with E-state index in [0.717, 1.165) is 0 Å². The van der Waals surface area contributed by atoms with E-state index in [0.29, 0.717) is 25.1 Å². The largest absolute Gasteiger partial charge is 0.354 e. The molecule has 1 fully saturated rings. The summed E-state index contributed by atoms with van der Waals surface area (Å²) in [6.07, 6.45) is 0.927. The van der Waals surface area contributed by atoms with Crippen LogP contribution in [0.1, 0.15) is 54.4 Å². The summed E-state index contributed by atoms with van der Waals surface area (Å²) in [7, 11) is 0. The second kappa shape index (κ2) is 12.1. The van der Waals surface area contributed by atoms with Crippen molar-refractivity contribution in [2.24, 2.45) is 5.92 Å². The van der Waals surface area contributed by atoms with Crippen molar-refractivity contribution in [3.8, 4) is 0 Å². The highest BCUT2D eigenvalue weighted by Gasteiger charge is 2.32. The summed E-state index contributed by atoms with van der Waals surface area (Å²) in [6, 6.07) is 0. The van der Waals surface area contributed by atoms with Crippen molar-refractivity contribution in [3.63, 3.8) is 0 Å². The fourth-order valence-electron chi connectivity index (χ4n) is 1.74. The molecule has 21 heavy (non-hydrogen) atoms. The zero-order valence-corrected chi connectivity index (χ0v) is 14.3. The second-order valence-corrected chi connectivity index (χ2v) is 4.40. The van der Waals surface area contributed by atoms with Crippen LogP contribution in [0.4, 0.5) is 0 Å². The minimum Gasteiger partial charge on any atom is -0.354 e. The molecule has 122 valence electrons. The van der Waals surface area contributed by atoms with Crippen LogP contribution in [0.2, 0.25) is 0 Å². The maximum Gasteiger partial charge on any atom is 0.240 e. The van der Waals surface area contributed by atoms with Crippen LogP contribution in [0.3, 0.4) is 0 Å². The first-order chi connectivity index (χ1) is 9.91. The first-order valence-corrected chi connectivity index (χ1v) is 7.67. The van der Waals surface area contributed by atoms with Crippen LogP contribution in [-0.2, 0) is 14.4 Å². The summed E-state index contributed by atoms with van der Waals surface area (Å²) in [5, 5.41) is 2.60. The van der Waals surface area contributed by atoms with E-state index in [1.54, 1.807) is 0 Å². The van der Waals surface area contributed by atoms with Gasteiger partial charge in [-0.25, -0.2) is 0 Å². The summed E-state index contributed by atoms with van der Waals surface area (Å²) >= 11 is 0. The topological polar surface area (TPSA) is 66.5 Å². The average molecular weight is 298 g/mol. The second-order valence-electron chi connectivity index (χ2n) is 4.40. The number of nitrogens with zero attached hydrogens (tertiary/aromatic N) is 1. The van der Waals surface area contributed by atoms with E-state index in [1.807, 2.05) is 34.6 Å². The lowest BCUT2D eigenvalue weighted by atomic mass is 10.1. The van der Waals surface area contributed by atoms with Crippen LogP contribution >= 0.6 is 0 Å². The molecule has 1 aliphatic rings. The van der Waals surface area contributed by atoms with E-state index in [9.17, 15) is 14.4 Å². The van der Waals surface area contributed by atoms with Gasteiger partial charge in [-0.05, 0) is 13.3 Å². The number of likely N-dealkylation sites (tertiary alicyclic amines) is 1. The van der Waals surface area contributed by atoms with Crippen molar-refractivity contribution < 1.29 is 14.4 Å². The van der Waals surface area contributed by atoms with Crippen molar-refractivity contribution in [1.29, 1.82) is 0 Å². The molecule has 0 bridgehead atoms. The Kier molecular flexibility index (Phi) is 12.5. The molecule has 5 nitrogen and oxygen atoms in total. The molecule has 0 spiro atoms. The molecular weight excluding hydrogens is 268 g/mol. The van der Waals surface area contributed by atoms with Gasteiger partial charge >= 0.3 is 0 Å². The predicted molar refractivity (Wildman–Crippen MR) is 85.6 cm³/mol. The molecule has 1 saturated heterocycles. The van der Waals surface area contributed by atoms with Gasteiger partial charge in [0, 0.05) is 24.6 Å². The van der Waals surface area contributed by atoms with Gasteiger partial charge < -0.3 is 10.2 Å². The number of hydrogen-bond donors (Lipinski definition) is 1. The number of amides is 2. The number of nitrogens with one attached hydrogen (secondary N) is 1. The molecule has 1 aliphatic heterocycles. The lowest BCUT2D eigenvalue weighted by Crippen LogP contribution is -2.38. The van der Waals surface area contributed by atoms with Gasteiger partial charge in [0.05, 0.1) is 0 Å². The summed E-state index contributed by atoms with van der Waals surface area (Å²) in [5.74, 6) is -0.375. The quantitative estimate of drug-likeness (QED) is 0.848. The smallest absolute Gasteiger partial charge is 0.240 e. The van der Waals surface area contributed by atoms with Gasteiger partial charge in [-0.3, -0.25) is 14.4 Å². The Morgan fingerprint density at radius 1 is 1.29 bits per heavy atom. The van der Waals surface area contributed by atoms with Crippen molar-refractivity contribution in [2.75, 3.05) is 13.1 Å². The molecule has 0 radical (unpaired) electrons. The molecule has 1 atom stereocenters. The van der Waals surface area contributed by atoms with Crippen molar-refractivity contribution in [1.82, 2.24) is 10.2 Å². The van der Waals surface area contributed by atoms with Crippen LogP contribution in [0.25, 0.3) is 0 Å². The van der Waals surface area contributed by atoms with Crippen LogP contribution in [-0.4, -0.2) is 35.6 Å². The Bertz CT molecular complexity index is 365. The van der Waals surface area contributed by atoms with E-state index in [2.05, 4.69) is 11.9 Å². The Morgan fingerprint density at radius 2 is 1.81 bits per heavy atom. The molecule has 0 aromatic rings. The van der Waals surface area contributed by atoms with Gasteiger partial charge in [0.25, 0.3) is 0 Å². The first kappa shape index (κ1) is 21.6. The molecule has 1 N–H and O–H groups in total. The van der Waals surface area contributed by atoms with E-state index >= 15 is 0 Å². The minimum atomic E-state index is -0.255. The Balaban J connectivity index is 0.